The number of rotatable bonds is 2. The number of nitrogens with zero attached hydrogens (tertiary/aromatic N) is 1. The second kappa shape index (κ2) is 3.58. The molecule has 0 bridgehead atoms. The van der Waals surface area contributed by atoms with Crippen molar-refractivity contribution in [3.63, 3.8) is 0 Å². The van der Waals surface area contributed by atoms with Crippen molar-refractivity contribution in [1.82, 2.24) is 10.2 Å². The molecule has 4 nitrogen and oxygen atoms in total. The number of likely N-dealkylation sites (N-methyl/N-ethyl adjacent to an activating group) is 1. The van der Waals surface area contributed by atoms with Crippen LogP contribution in [0.25, 0.3) is 0 Å². The van der Waals surface area contributed by atoms with Gasteiger partial charge in [-0.25, -0.2) is 0 Å². The van der Waals surface area contributed by atoms with Gasteiger partial charge in [-0.3, -0.25) is 4.79 Å². The maximum Gasteiger partial charge on any atom is 0.267 e. The zero-order chi connectivity index (χ0) is 9.14. The molecule has 1 amide bonds. The topological polar surface area (TPSA) is 58.4 Å². The Balaban J connectivity index is 2.58. The number of carbonyl (C=O) groups is 1. The van der Waals surface area contributed by atoms with Crippen LogP contribution in [0, 0.1) is 0 Å². The van der Waals surface area contributed by atoms with E-state index in [-0.39, 0.29) is 5.91 Å². The highest BCUT2D eigenvalue weighted by Gasteiger charge is 2.25. The van der Waals surface area contributed by atoms with Crippen molar-refractivity contribution in [2.24, 2.45) is 5.73 Å². The first-order valence-corrected chi connectivity index (χ1v) is 4.06. The summed E-state index contributed by atoms with van der Waals surface area (Å²) in [5.74, 6) is -0.0780. The minimum absolute atomic E-state index is 0.0780. The van der Waals surface area contributed by atoms with Crippen LogP contribution in [0.1, 0.15) is 6.42 Å². The van der Waals surface area contributed by atoms with Crippen LogP contribution in [0.15, 0.2) is 12.3 Å². The van der Waals surface area contributed by atoms with Gasteiger partial charge in [0.15, 0.2) is 0 Å². The van der Waals surface area contributed by atoms with E-state index in [1.165, 1.54) is 0 Å². The van der Waals surface area contributed by atoms with Crippen LogP contribution in [-0.2, 0) is 4.79 Å². The van der Waals surface area contributed by atoms with E-state index in [0.717, 1.165) is 6.42 Å². The molecule has 1 atom stereocenters. The molecule has 0 aromatic carbocycles. The highest BCUT2D eigenvalue weighted by molar-refractivity contribution is 5.92. The lowest BCUT2D eigenvalue weighted by Crippen LogP contribution is -2.51. The zero-order valence-corrected chi connectivity index (χ0v) is 7.34. The van der Waals surface area contributed by atoms with Crippen molar-refractivity contribution >= 4 is 5.91 Å². The minimum atomic E-state index is -0.0780. The van der Waals surface area contributed by atoms with E-state index < -0.39 is 0 Å². The standard InChI is InChI=1S/C8H15N3O/c1-6-8(12)10-5-7(3-4-9)11(6)2/h7H,1,3-5,9H2,2H3,(H,10,12). The maximum absolute atomic E-state index is 11.1. The number of hydrogen-bond donors (Lipinski definition) is 2. The van der Waals surface area contributed by atoms with E-state index >= 15 is 0 Å². The van der Waals surface area contributed by atoms with E-state index in [9.17, 15) is 4.79 Å². The molecule has 1 aliphatic heterocycles. The van der Waals surface area contributed by atoms with Gasteiger partial charge >= 0.3 is 0 Å². The average Bonchev–Trinajstić information content (AvgIpc) is 2.07. The van der Waals surface area contributed by atoms with Gasteiger partial charge in [0.2, 0.25) is 0 Å². The van der Waals surface area contributed by atoms with Crippen LogP contribution < -0.4 is 11.1 Å². The molecular formula is C8H15N3O. The lowest BCUT2D eigenvalue weighted by Gasteiger charge is -2.35. The van der Waals surface area contributed by atoms with Gasteiger partial charge in [0.05, 0.1) is 5.70 Å². The summed E-state index contributed by atoms with van der Waals surface area (Å²) in [7, 11) is 1.88. The van der Waals surface area contributed by atoms with Crippen LogP contribution in [-0.4, -0.2) is 37.0 Å². The molecule has 0 aromatic heterocycles. The summed E-state index contributed by atoms with van der Waals surface area (Å²) < 4.78 is 0. The van der Waals surface area contributed by atoms with Crippen LogP contribution in [0.3, 0.4) is 0 Å². The fraction of sp³-hybridized carbons (Fsp3) is 0.625. The Labute approximate surface area is 72.4 Å². The Hall–Kier alpha value is -1.03. The molecule has 0 aromatic rings. The molecule has 0 spiro atoms. The Morgan fingerprint density at radius 3 is 3.08 bits per heavy atom. The van der Waals surface area contributed by atoms with Gasteiger partial charge in [-0.2, -0.15) is 0 Å². The number of nitrogens with one attached hydrogen (secondary N) is 1. The summed E-state index contributed by atoms with van der Waals surface area (Å²) in [4.78, 5) is 13.0. The molecule has 4 heteroatoms. The van der Waals surface area contributed by atoms with Crippen molar-refractivity contribution < 1.29 is 4.79 Å². The van der Waals surface area contributed by atoms with Gasteiger partial charge in [-0.15, -0.1) is 0 Å². The third-order valence-electron chi connectivity index (χ3n) is 2.23. The second-order valence-electron chi connectivity index (χ2n) is 3.00. The van der Waals surface area contributed by atoms with Crippen LogP contribution in [0.4, 0.5) is 0 Å². The van der Waals surface area contributed by atoms with Gasteiger partial charge in [-0.05, 0) is 13.0 Å². The van der Waals surface area contributed by atoms with Crippen molar-refractivity contribution in [1.29, 1.82) is 0 Å². The number of piperazine rings is 1. The second-order valence-corrected chi connectivity index (χ2v) is 3.00. The summed E-state index contributed by atoms with van der Waals surface area (Å²) in [5.41, 5.74) is 5.96. The molecular weight excluding hydrogens is 154 g/mol. The highest BCUT2D eigenvalue weighted by Crippen LogP contribution is 2.11. The Morgan fingerprint density at radius 1 is 1.83 bits per heavy atom. The van der Waals surface area contributed by atoms with Crippen molar-refractivity contribution in [3.05, 3.63) is 12.3 Å². The summed E-state index contributed by atoms with van der Waals surface area (Å²) >= 11 is 0. The number of carbonyl (C=O) groups excluding carboxylic acids is 1. The van der Waals surface area contributed by atoms with E-state index in [1.807, 2.05) is 11.9 Å². The summed E-state index contributed by atoms with van der Waals surface area (Å²) in [6, 6.07) is 0.306. The Bertz CT molecular complexity index is 202. The maximum atomic E-state index is 11.1. The molecule has 1 heterocycles. The predicted molar refractivity (Wildman–Crippen MR) is 47.4 cm³/mol. The van der Waals surface area contributed by atoms with Gasteiger partial charge in [-0.1, -0.05) is 6.58 Å². The lowest BCUT2D eigenvalue weighted by molar-refractivity contribution is -0.121. The fourth-order valence-electron chi connectivity index (χ4n) is 1.32. The van der Waals surface area contributed by atoms with Crippen molar-refractivity contribution in [3.8, 4) is 0 Å². The van der Waals surface area contributed by atoms with E-state index in [4.69, 9.17) is 5.73 Å². The lowest BCUT2D eigenvalue weighted by atomic mass is 10.1. The normalized spacial score (nSPS) is 24.2. The molecule has 1 rings (SSSR count). The third-order valence-corrected chi connectivity index (χ3v) is 2.23. The smallest absolute Gasteiger partial charge is 0.267 e. The monoisotopic (exact) mass is 169 g/mol. The van der Waals surface area contributed by atoms with Crippen LogP contribution >= 0.6 is 0 Å². The van der Waals surface area contributed by atoms with Gasteiger partial charge in [0.1, 0.15) is 0 Å². The molecule has 0 radical (unpaired) electrons. The Kier molecular flexibility index (Phi) is 2.70. The Morgan fingerprint density at radius 2 is 2.50 bits per heavy atom. The first kappa shape index (κ1) is 9.06. The van der Waals surface area contributed by atoms with Gasteiger partial charge < -0.3 is 16.0 Å². The first-order chi connectivity index (χ1) is 5.66. The van der Waals surface area contributed by atoms with Crippen molar-refractivity contribution in [2.75, 3.05) is 20.1 Å². The average molecular weight is 169 g/mol. The van der Waals surface area contributed by atoms with Gasteiger partial charge in [0.25, 0.3) is 5.91 Å². The first-order valence-electron chi connectivity index (χ1n) is 4.06. The number of amides is 1. The summed E-state index contributed by atoms with van der Waals surface area (Å²) in [6.07, 6.45) is 0.885. The van der Waals surface area contributed by atoms with Crippen LogP contribution in [0.5, 0.6) is 0 Å². The predicted octanol–water partition coefficient (Wildman–Crippen LogP) is -0.721. The highest BCUT2D eigenvalue weighted by atomic mass is 16.2. The molecule has 1 saturated heterocycles. The number of nitrogens with two attached hydrogens (primary N) is 1. The molecule has 3 N–H and O–H groups in total. The molecule has 68 valence electrons. The molecule has 1 unspecified atom stereocenters. The van der Waals surface area contributed by atoms with E-state index in [1.54, 1.807) is 0 Å². The fourth-order valence-corrected chi connectivity index (χ4v) is 1.32. The quantitative estimate of drug-likeness (QED) is 0.536. The largest absolute Gasteiger partial charge is 0.366 e. The molecule has 12 heavy (non-hydrogen) atoms. The molecule has 0 saturated carbocycles. The molecule has 1 aliphatic rings. The molecule has 0 aliphatic carbocycles. The third kappa shape index (κ3) is 1.58. The summed E-state index contributed by atoms with van der Waals surface area (Å²) in [5, 5.41) is 2.76. The molecule has 1 fully saturated rings. The SMILES string of the molecule is C=C1C(=O)NCC(CCN)N1C. The van der Waals surface area contributed by atoms with Gasteiger partial charge in [0, 0.05) is 19.6 Å². The van der Waals surface area contributed by atoms with Crippen LogP contribution in [0.2, 0.25) is 0 Å². The zero-order valence-electron chi connectivity index (χ0n) is 7.34. The van der Waals surface area contributed by atoms with E-state index in [0.29, 0.717) is 24.8 Å². The summed E-state index contributed by atoms with van der Waals surface area (Å²) in [6.45, 7) is 4.99. The van der Waals surface area contributed by atoms with E-state index in [2.05, 4.69) is 11.9 Å². The minimum Gasteiger partial charge on any atom is -0.366 e. The number of hydrogen-bond acceptors (Lipinski definition) is 3. The van der Waals surface area contributed by atoms with Crippen molar-refractivity contribution in [2.45, 2.75) is 12.5 Å².